The minimum atomic E-state index is -1.64. The van der Waals surface area contributed by atoms with Crippen molar-refractivity contribution in [1.29, 1.82) is 0 Å². The topological polar surface area (TPSA) is 86.3 Å². The first-order chi connectivity index (χ1) is 19.1. The van der Waals surface area contributed by atoms with Gasteiger partial charge >= 0.3 is 5.69 Å². The molecule has 3 aromatic carbocycles. The SMILES string of the molecule is COc1cc(-c2cc(CO)ccc2Cl)cc2c1c(=O)n(-c1cncc(C)c1)c(=O)n2Cc1cc(F)c(F)c(F)c1. The number of aliphatic hydroxyl groups excluding tert-OH is 1. The number of aliphatic hydroxyl groups is 1. The fourth-order valence-electron chi connectivity index (χ4n) is 4.58. The van der Waals surface area contributed by atoms with Crippen LogP contribution in [0.3, 0.4) is 0 Å². The molecule has 0 saturated heterocycles. The van der Waals surface area contributed by atoms with Crippen LogP contribution >= 0.6 is 11.6 Å². The van der Waals surface area contributed by atoms with Crippen LogP contribution in [0, 0.1) is 24.4 Å². The molecule has 7 nitrogen and oxygen atoms in total. The Labute approximate surface area is 230 Å². The van der Waals surface area contributed by atoms with Crippen LogP contribution in [0.5, 0.6) is 5.75 Å². The summed E-state index contributed by atoms with van der Waals surface area (Å²) in [6, 6.07) is 11.1. The number of hydrogen-bond acceptors (Lipinski definition) is 5. The molecule has 0 atom stereocenters. The maximum atomic E-state index is 14.1. The Kier molecular flexibility index (Phi) is 7.22. The van der Waals surface area contributed by atoms with E-state index in [9.17, 15) is 27.9 Å². The maximum Gasteiger partial charge on any atom is 0.336 e. The summed E-state index contributed by atoms with van der Waals surface area (Å²) >= 11 is 6.45. The zero-order valence-electron chi connectivity index (χ0n) is 21.2. The first-order valence-corrected chi connectivity index (χ1v) is 12.3. The number of pyridine rings is 1. The number of halogens is 4. The third-order valence-corrected chi connectivity index (χ3v) is 6.79. The molecule has 5 aromatic rings. The lowest BCUT2D eigenvalue weighted by Gasteiger charge is -2.18. The predicted octanol–water partition coefficient (Wildman–Crippen LogP) is 5.14. The molecule has 0 amide bonds. The van der Waals surface area contributed by atoms with Gasteiger partial charge in [-0.3, -0.25) is 14.3 Å². The number of nitrogens with zero attached hydrogens (tertiary/aromatic N) is 3. The lowest BCUT2D eigenvalue weighted by molar-refractivity contribution is 0.282. The van der Waals surface area contributed by atoms with Crippen molar-refractivity contribution in [3.8, 4) is 22.6 Å². The molecule has 0 saturated carbocycles. The van der Waals surface area contributed by atoms with E-state index in [1.165, 1.54) is 19.4 Å². The number of aryl methyl sites for hydroxylation is 1. The number of methoxy groups -OCH3 is 1. The summed E-state index contributed by atoms with van der Waals surface area (Å²) in [5.41, 5.74) is 0.834. The van der Waals surface area contributed by atoms with Gasteiger partial charge in [-0.05, 0) is 71.6 Å². The molecule has 1 N–H and O–H groups in total. The van der Waals surface area contributed by atoms with Crippen LogP contribution in [0.1, 0.15) is 16.7 Å². The smallest absolute Gasteiger partial charge is 0.336 e. The van der Waals surface area contributed by atoms with Crippen LogP contribution < -0.4 is 16.0 Å². The van der Waals surface area contributed by atoms with Crippen molar-refractivity contribution in [1.82, 2.24) is 14.1 Å². The largest absolute Gasteiger partial charge is 0.496 e. The van der Waals surface area contributed by atoms with Crippen molar-refractivity contribution in [2.24, 2.45) is 0 Å². The van der Waals surface area contributed by atoms with Crippen LogP contribution in [0.15, 0.2) is 70.5 Å². The van der Waals surface area contributed by atoms with Crippen molar-refractivity contribution in [2.75, 3.05) is 7.11 Å². The van der Waals surface area contributed by atoms with E-state index in [2.05, 4.69) is 4.98 Å². The molecule has 2 aromatic heterocycles. The molecule has 5 rings (SSSR count). The van der Waals surface area contributed by atoms with Crippen LogP contribution in [0.25, 0.3) is 27.7 Å². The molecule has 0 radical (unpaired) electrons. The molecule has 40 heavy (non-hydrogen) atoms. The second-order valence-corrected chi connectivity index (χ2v) is 9.56. The molecule has 0 unspecified atom stereocenters. The van der Waals surface area contributed by atoms with E-state index in [0.29, 0.717) is 27.3 Å². The van der Waals surface area contributed by atoms with Gasteiger partial charge < -0.3 is 9.84 Å². The van der Waals surface area contributed by atoms with Gasteiger partial charge in [0.15, 0.2) is 17.5 Å². The van der Waals surface area contributed by atoms with Gasteiger partial charge in [0, 0.05) is 16.8 Å². The third kappa shape index (κ3) is 4.76. The lowest BCUT2D eigenvalue weighted by Crippen LogP contribution is -2.39. The molecular weight excluding hydrogens is 547 g/mol. The first-order valence-electron chi connectivity index (χ1n) is 12.0. The molecule has 11 heteroatoms. The molecule has 0 fully saturated rings. The van der Waals surface area contributed by atoms with E-state index < -0.39 is 35.2 Å². The monoisotopic (exact) mass is 567 g/mol. The highest BCUT2D eigenvalue weighted by Gasteiger charge is 2.22. The number of aromatic nitrogens is 3. The summed E-state index contributed by atoms with van der Waals surface area (Å²) in [5.74, 6) is -4.38. The van der Waals surface area contributed by atoms with Gasteiger partial charge in [0.05, 0.1) is 37.7 Å². The molecule has 204 valence electrons. The summed E-state index contributed by atoms with van der Waals surface area (Å²) in [6.07, 6.45) is 2.89. The quantitative estimate of drug-likeness (QED) is 0.287. The Morgan fingerprint density at radius 1 is 0.975 bits per heavy atom. The number of benzene rings is 3. The molecular formula is C29H21ClF3N3O4. The average Bonchev–Trinajstić information content (AvgIpc) is 2.93. The Morgan fingerprint density at radius 2 is 1.70 bits per heavy atom. The van der Waals surface area contributed by atoms with Gasteiger partial charge in [0.1, 0.15) is 11.1 Å². The van der Waals surface area contributed by atoms with Crippen molar-refractivity contribution < 1.29 is 23.0 Å². The van der Waals surface area contributed by atoms with Crippen molar-refractivity contribution in [3.05, 3.63) is 121 Å². The minimum absolute atomic E-state index is 0.00449. The number of hydrogen-bond donors (Lipinski definition) is 1. The molecule has 0 spiro atoms. The van der Waals surface area contributed by atoms with E-state index in [1.54, 1.807) is 43.5 Å². The van der Waals surface area contributed by atoms with Gasteiger partial charge in [-0.25, -0.2) is 22.5 Å². The Hall–Kier alpha value is -4.41. The lowest BCUT2D eigenvalue weighted by atomic mass is 10.0. The summed E-state index contributed by atoms with van der Waals surface area (Å²) in [4.78, 5) is 31.8. The average molecular weight is 568 g/mol. The first kappa shape index (κ1) is 27.2. The van der Waals surface area contributed by atoms with Gasteiger partial charge in [0.25, 0.3) is 5.56 Å². The molecule has 0 bridgehead atoms. The van der Waals surface area contributed by atoms with Crippen LogP contribution in [0.2, 0.25) is 5.02 Å². The highest BCUT2D eigenvalue weighted by Crippen LogP contribution is 2.35. The van der Waals surface area contributed by atoms with E-state index in [0.717, 1.165) is 21.3 Å². The molecule has 0 aliphatic carbocycles. The van der Waals surface area contributed by atoms with E-state index in [-0.39, 0.29) is 34.5 Å². The Morgan fingerprint density at radius 3 is 2.35 bits per heavy atom. The van der Waals surface area contributed by atoms with Gasteiger partial charge in [-0.15, -0.1) is 0 Å². The van der Waals surface area contributed by atoms with Crippen LogP contribution in [-0.2, 0) is 13.2 Å². The van der Waals surface area contributed by atoms with Crippen molar-refractivity contribution in [2.45, 2.75) is 20.1 Å². The van der Waals surface area contributed by atoms with Crippen molar-refractivity contribution in [3.63, 3.8) is 0 Å². The van der Waals surface area contributed by atoms with Gasteiger partial charge in [0.2, 0.25) is 0 Å². The number of rotatable bonds is 6. The van der Waals surface area contributed by atoms with Crippen molar-refractivity contribution >= 4 is 22.5 Å². The highest BCUT2D eigenvalue weighted by molar-refractivity contribution is 6.33. The normalized spacial score (nSPS) is 11.3. The van der Waals surface area contributed by atoms with Crippen LogP contribution in [0.4, 0.5) is 13.2 Å². The Balaban J connectivity index is 1.89. The number of ether oxygens (including phenoxy) is 1. The second-order valence-electron chi connectivity index (χ2n) is 9.15. The molecule has 0 aliphatic rings. The summed E-state index contributed by atoms with van der Waals surface area (Å²) in [7, 11) is 1.35. The summed E-state index contributed by atoms with van der Waals surface area (Å²) < 4.78 is 49.5. The fraction of sp³-hybridized carbons (Fsp3) is 0.138. The predicted molar refractivity (Wildman–Crippen MR) is 145 cm³/mol. The highest BCUT2D eigenvalue weighted by atomic mass is 35.5. The zero-order valence-corrected chi connectivity index (χ0v) is 22.0. The molecule has 2 heterocycles. The third-order valence-electron chi connectivity index (χ3n) is 6.46. The maximum absolute atomic E-state index is 14.1. The van der Waals surface area contributed by atoms with Gasteiger partial charge in [-0.2, -0.15) is 0 Å². The Bertz CT molecular complexity index is 1900. The number of fused-ring (bicyclic) bond motifs is 1. The molecule has 0 aliphatic heterocycles. The minimum Gasteiger partial charge on any atom is -0.496 e. The summed E-state index contributed by atoms with van der Waals surface area (Å²) in [6.45, 7) is 1.07. The van der Waals surface area contributed by atoms with E-state index in [1.807, 2.05) is 0 Å². The van der Waals surface area contributed by atoms with Gasteiger partial charge in [-0.1, -0.05) is 17.7 Å². The van der Waals surface area contributed by atoms with Crippen LogP contribution in [-0.4, -0.2) is 26.3 Å². The van der Waals surface area contributed by atoms with E-state index >= 15 is 0 Å². The zero-order chi connectivity index (χ0) is 28.7. The second kappa shape index (κ2) is 10.6. The van der Waals surface area contributed by atoms with E-state index in [4.69, 9.17) is 16.3 Å². The fourth-order valence-corrected chi connectivity index (χ4v) is 4.81. The summed E-state index contributed by atoms with van der Waals surface area (Å²) in [5, 5.41) is 9.96. The standard InChI is InChI=1S/C29H21ClF3N3O4/c1-15-5-19(12-34-11-15)36-28(38)26-24(35(29(36)39)13-17-7-22(31)27(33)23(32)8-17)9-18(10-25(26)40-2)20-6-16(14-37)3-4-21(20)30/h3-12,37H,13-14H2,1-2H3.